The molecule has 1 fully saturated rings. The number of aromatic amines is 1. The smallest absolute Gasteiger partial charge is 0.330 e. The maximum Gasteiger partial charge on any atom is 0.330 e. The molecule has 4 rings (SSSR count). The van der Waals surface area contributed by atoms with Crippen LogP contribution in [-0.2, 0) is 0 Å². The van der Waals surface area contributed by atoms with Crippen LogP contribution in [0.4, 0.5) is 10.2 Å². The third-order valence-corrected chi connectivity index (χ3v) is 5.51. The molecule has 0 spiro atoms. The zero-order chi connectivity index (χ0) is 22.1. The van der Waals surface area contributed by atoms with Crippen molar-refractivity contribution in [2.75, 3.05) is 19.3 Å². The summed E-state index contributed by atoms with van der Waals surface area (Å²) in [5.41, 5.74) is 6.21. The normalized spacial score (nSPS) is 14.5. The molecule has 1 aliphatic carbocycles. The summed E-state index contributed by atoms with van der Waals surface area (Å²) in [7, 11) is 1.75. The molecule has 31 heavy (non-hydrogen) atoms. The number of H-pyrrole nitrogens is 1. The number of aromatic nitrogens is 2. The quantitative estimate of drug-likeness (QED) is 0.570. The van der Waals surface area contributed by atoms with Crippen LogP contribution >= 0.6 is 0 Å². The van der Waals surface area contributed by atoms with Gasteiger partial charge in [0.15, 0.2) is 5.78 Å². The van der Waals surface area contributed by atoms with Gasteiger partial charge in [-0.15, -0.1) is 0 Å². The zero-order valence-electron chi connectivity index (χ0n) is 17.0. The summed E-state index contributed by atoms with van der Waals surface area (Å²) in [6, 6.07) is 15.1. The minimum atomic E-state index is -0.782. The summed E-state index contributed by atoms with van der Waals surface area (Å²) >= 11 is 0. The van der Waals surface area contributed by atoms with Crippen molar-refractivity contribution in [2.24, 2.45) is 0 Å². The molecule has 8 heteroatoms. The molecule has 0 aliphatic heterocycles. The Hall–Kier alpha value is -3.52. The van der Waals surface area contributed by atoms with Crippen molar-refractivity contribution in [2.45, 2.75) is 24.9 Å². The number of likely N-dealkylation sites (N-methyl/N-ethyl adjacent to an activating group) is 1. The minimum Gasteiger partial charge on any atom is -0.384 e. The number of nitrogens with zero attached hydrogens (tertiary/aromatic N) is 2. The first-order valence-corrected chi connectivity index (χ1v) is 10.0. The van der Waals surface area contributed by atoms with Gasteiger partial charge in [0.25, 0.3) is 5.56 Å². The third-order valence-electron chi connectivity index (χ3n) is 5.51. The average Bonchev–Trinajstić information content (AvgIpc) is 3.55. The van der Waals surface area contributed by atoms with Crippen molar-refractivity contribution in [1.82, 2.24) is 14.5 Å². The van der Waals surface area contributed by atoms with E-state index in [4.69, 9.17) is 5.73 Å². The Kier molecular flexibility index (Phi) is 5.56. The highest BCUT2D eigenvalue weighted by molar-refractivity contribution is 6.01. The van der Waals surface area contributed by atoms with Gasteiger partial charge in [-0.25, -0.2) is 9.18 Å². The van der Waals surface area contributed by atoms with E-state index in [0.29, 0.717) is 0 Å². The molecule has 0 saturated heterocycles. The van der Waals surface area contributed by atoms with E-state index in [1.54, 1.807) is 24.1 Å². The number of hydrogen-bond acceptors (Lipinski definition) is 5. The van der Waals surface area contributed by atoms with Crippen molar-refractivity contribution in [3.63, 3.8) is 0 Å². The first-order valence-electron chi connectivity index (χ1n) is 10.0. The molecule has 3 N–H and O–H groups in total. The average molecular weight is 422 g/mol. The van der Waals surface area contributed by atoms with Gasteiger partial charge in [0.2, 0.25) is 0 Å². The molecule has 2 aromatic carbocycles. The van der Waals surface area contributed by atoms with Crippen LogP contribution < -0.4 is 17.0 Å². The predicted octanol–water partition coefficient (Wildman–Crippen LogP) is 2.50. The Morgan fingerprint density at radius 2 is 1.74 bits per heavy atom. The highest BCUT2D eigenvalue weighted by Crippen LogP contribution is 2.35. The van der Waals surface area contributed by atoms with Crippen LogP contribution in [0.25, 0.3) is 0 Å². The number of carbonyl (C=O) groups excluding carboxylic acids is 1. The number of Topliss-reactive ketones (excluding diaryl/α,β-unsaturated/α-hetero) is 1. The Morgan fingerprint density at radius 3 is 2.35 bits per heavy atom. The number of benzene rings is 2. The summed E-state index contributed by atoms with van der Waals surface area (Å²) in [6.07, 6.45) is 1.56. The summed E-state index contributed by atoms with van der Waals surface area (Å²) in [6.45, 7) is -0.118. The molecular weight excluding hydrogens is 399 g/mol. The van der Waals surface area contributed by atoms with Crippen LogP contribution in [0.3, 0.4) is 0 Å². The molecule has 0 radical (unpaired) electrons. The molecule has 160 valence electrons. The zero-order valence-corrected chi connectivity index (χ0v) is 17.0. The first-order chi connectivity index (χ1) is 14.9. The third kappa shape index (κ3) is 4.20. The number of ketones is 1. The van der Waals surface area contributed by atoms with E-state index >= 15 is 0 Å². The van der Waals surface area contributed by atoms with Crippen molar-refractivity contribution >= 4 is 11.6 Å². The number of rotatable bonds is 7. The van der Waals surface area contributed by atoms with E-state index in [9.17, 15) is 18.8 Å². The fourth-order valence-corrected chi connectivity index (χ4v) is 3.91. The number of carbonyl (C=O) groups is 1. The largest absolute Gasteiger partial charge is 0.384 e. The lowest BCUT2D eigenvalue weighted by atomic mass is 9.97. The second-order valence-corrected chi connectivity index (χ2v) is 7.82. The first kappa shape index (κ1) is 20.7. The van der Waals surface area contributed by atoms with Gasteiger partial charge in [-0.3, -0.25) is 24.0 Å². The number of halogens is 1. The van der Waals surface area contributed by atoms with E-state index in [0.717, 1.165) is 24.0 Å². The molecule has 1 atom stereocenters. The summed E-state index contributed by atoms with van der Waals surface area (Å²) in [5, 5.41) is 0. The maximum absolute atomic E-state index is 13.5. The Labute approximate surface area is 177 Å². The van der Waals surface area contributed by atoms with E-state index in [2.05, 4.69) is 4.98 Å². The number of nitrogen functional groups attached to an aromatic ring is 1. The van der Waals surface area contributed by atoms with Crippen LogP contribution in [0.2, 0.25) is 0 Å². The van der Waals surface area contributed by atoms with Crippen molar-refractivity contribution < 1.29 is 9.18 Å². The Morgan fingerprint density at radius 1 is 1.13 bits per heavy atom. The van der Waals surface area contributed by atoms with Crippen molar-refractivity contribution in [1.29, 1.82) is 0 Å². The predicted molar refractivity (Wildman–Crippen MR) is 116 cm³/mol. The molecule has 1 unspecified atom stereocenters. The van der Waals surface area contributed by atoms with E-state index in [1.165, 1.54) is 16.7 Å². The van der Waals surface area contributed by atoms with Gasteiger partial charge in [-0.2, -0.15) is 0 Å². The topological polar surface area (TPSA) is 101 Å². The van der Waals surface area contributed by atoms with Gasteiger partial charge < -0.3 is 5.73 Å². The minimum absolute atomic E-state index is 0.0788. The lowest BCUT2D eigenvalue weighted by Gasteiger charge is -2.28. The Bertz CT molecular complexity index is 1210. The van der Waals surface area contributed by atoms with Crippen molar-refractivity contribution in [3.8, 4) is 0 Å². The number of anilines is 1. The fourth-order valence-electron chi connectivity index (χ4n) is 3.91. The van der Waals surface area contributed by atoms with E-state index < -0.39 is 17.0 Å². The number of hydrogen-bond donors (Lipinski definition) is 2. The Balaban J connectivity index is 1.68. The SMILES string of the molecule is CN(CC(=O)c1c(N)n(C2CC2)c(=O)[nH]c1=O)C(c1ccccc1)c1ccc(F)cc1. The van der Waals surface area contributed by atoms with Gasteiger partial charge >= 0.3 is 5.69 Å². The van der Waals surface area contributed by atoms with E-state index in [1.807, 2.05) is 30.3 Å². The van der Waals surface area contributed by atoms with Gasteiger partial charge in [0.1, 0.15) is 17.2 Å². The van der Waals surface area contributed by atoms with Crippen LogP contribution in [-0.4, -0.2) is 33.8 Å². The molecule has 7 nitrogen and oxygen atoms in total. The maximum atomic E-state index is 13.5. The second-order valence-electron chi connectivity index (χ2n) is 7.82. The summed E-state index contributed by atoms with van der Waals surface area (Å²) in [4.78, 5) is 41.6. The lowest BCUT2D eigenvalue weighted by molar-refractivity contribution is 0.0929. The van der Waals surface area contributed by atoms with E-state index in [-0.39, 0.29) is 35.8 Å². The molecule has 1 heterocycles. The van der Waals surface area contributed by atoms with Crippen molar-refractivity contribution in [3.05, 3.63) is 97.9 Å². The van der Waals surface area contributed by atoms with Crippen LogP contribution in [0, 0.1) is 5.82 Å². The molecule has 0 amide bonds. The molecule has 1 aliphatic rings. The standard InChI is InChI=1S/C23H23FN4O3/c1-27(20(14-5-3-2-4-6-14)15-7-9-16(24)10-8-15)13-18(29)19-21(25)28(17-11-12-17)23(31)26-22(19)30/h2-10,17,20H,11-13,25H2,1H3,(H,26,30,31). The van der Waals surface area contributed by atoms with Gasteiger partial charge in [0.05, 0.1) is 12.6 Å². The van der Waals surface area contributed by atoms with Crippen LogP contribution in [0.5, 0.6) is 0 Å². The monoisotopic (exact) mass is 422 g/mol. The molecule has 1 aromatic heterocycles. The van der Waals surface area contributed by atoms with Gasteiger partial charge in [-0.05, 0) is 43.1 Å². The highest BCUT2D eigenvalue weighted by Gasteiger charge is 2.31. The molecule has 0 bridgehead atoms. The second kappa shape index (κ2) is 8.31. The lowest BCUT2D eigenvalue weighted by Crippen LogP contribution is -2.39. The summed E-state index contributed by atoms with van der Waals surface area (Å²) in [5.74, 6) is -0.928. The van der Waals surface area contributed by atoms with Gasteiger partial charge in [0, 0.05) is 6.04 Å². The molecule has 3 aromatic rings. The number of nitrogens with one attached hydrogen (secondary N) is 1. The van der Waals surface area contributed by atoms with Crippen LogP contribution in [0.1, 0.15) is 46.4 Å². The number of nitrogens with two attached hydrogens (primary N) is 1. The summed E-state index contributed by atoms with van der Waals surface area (Å²) < 4.78 is 14.8. The highest BCUT2D eigenvalue weighted by atomic mass is 19.1. The molecule has 1 saturated carbocycles. The van der Waals surface area contributed by atoms with Gasteiger partial charge in [-0.1, -0.05) is 42.5 Å². The fraction of sp³-hybridized carbons (Fsp3) is 0.261. The van der Waals surface area contributed by atoms with Crippen LogP contribution in [0.15, 0.2) is 64.2 Å². The molecular formula is C23H23FN4O3.